The fourth-order valence-electron chi connectivity index (χ4n) is 2.15. The van der Waals surface area contributed by atoms with E-state index < -0.39 is 0 Å². The van der Waals surface area contributed by atoms with Gasteiger partial charge in [-0.2, -0.15) is 0 Å². The zero-order valence-corrected chi connectivity index (χ0v) is 9.81. The molecule has 1 N–H and O–H groups in total. The molecule has 1 amide bonds. The molecule has 0 heterocycles. The van der Waals surface area contributed by atoms with Crippen molar-refractivity contribution in [2.24, 2.45) is 0 Å². The van der Waals surface area contributed by atoms with E-state index >= 15 is 0 Å². The number of rotatable bonds is 3. The summed E-state index contributed by atoms with van der Waals surface area (Å²) in [4.78, 5) is 11.8. The molecular formula is C13H21NO. The molecule has 1 aliphatic carbocycles. The molecule has 2 heteroatoms. The molecule has 0 unspecified atom stereocenters. The molecule has 0 spiro atoms. The highest BCUT2D eigenvalue weighted by molar-refractivity contribution is 5.96. The Kier molecular flexibility index (Phi) is 4.13. The van der Waals surface area contributed by atoms with Crippen LogP contribution >= 0.6 is 0 Å². The SMILES string of the molecule is C=C/C(=C\C)C(=O)NC1(C)CCCCC1. The zero-order valence-electron chi connectivity index (χ0n) is 9.81. The second kappa shape index (κ2) is 5.15. The first-order valence-electron chi connectivity index (χ1n) is 5.72. The maximum atomic E-state index is 11.8. The van der Waals surface area contributed by atoms with Crippen molar-refractivity contribution in [2.75, 3.05) is 0 Å². The normalized spacial score (nSPS) is 20.8. The highest BCUT2D eigenvalue weighted by Crippen LogP contribution is 2.27. The van der Waals surface area contributed by atoms with Gasteiger partial charge in [0, 0.05) is 11.1 Å². The van der Waals surface area contributed by atoms with Crippen molar-refractivity contribution in [3.8, 4) is 0 Å². The maximum Gasteiger partial charge on any atom is 0.251 e. The molecule has 0 aliphatic heterocycles. The Bertz CT molecular complexity index is 272. The van der Waals surface area contributed by atoms with Gasteiger partial charge in [-0.25, -0.2) is 0 Å². The molecule has 0 bridgehead atoms. The predicted molar refractivity (Wildman–Crippen MR) is 63.6 cm³/mol. The summed E-state index contributed by atoms with van der Waals surface area (Å²) in [6, 6.07) is 0. The van der Waals surface area contributed by atoms with Gasteiger partial charge in [-0.1, -0.05) is 38.0 Å². The van der Waals surface area contributed by atoms with Crippen molar-refractivity contribution < 1.29 is 4.79 Å². The molecule has 0 aromatic carbocycles. The summed E-state index contributed by atoms with van der Waals surface area (Å²) in [6.45, 7) is 7.64. The van der Waals surface area contributed by atoms with E-state index in [9.17, 15) is 4.79 Å². The van der Waals surface area contributed by atoms with Crippen molar-refractivity contribution in [3.05, 3.63) is 24.3 Å². The van der Waals surface area contributed by atoms with Crippen molar-refractivity contribution in [1.29, 1.82) is 0 Å². The van der Waals surface area contributed by atoms with Gasteiger partial charge in [-0.15, -0.1) is 0 Å². The minimum absolute atomic E-state index is 0.00734. The third-order valence-corrected chi connectivity index (χ3v) is 3.17. The molecule has 1 fully saturated rings. The maximum absolute atomic E-state index is 11.8. The van der Waals surface area contributed by atoms with Crippen LogP contribution in [0.2, 0.25) is 0 Å². The van der Waals surface area contributed by atoms with Crippen LogP contribution in [-0.4, -0.2) is 11.4 Å². The van der Waals surface area contributed by atoms with Crippen LogP contribution in [0.25, 0.3) is 0 Å². The Balaban J connectivity index is 2.60. The van der Waals surface area contributed by atoms with E-state index in [1.54, 1.807) is 12.2 Å². The average Bonchev–Trinajstić information content (AvgIpc) is 2.19. The topological polar surface area (TPSA) is 29.1 Å². The summed E-state index contributed by atoms with van der Waals surface area (Å²) in [6.07, 6.45) is 9.32. The second-order valence-electron chi connectivity index (χ2n) is 4.52. The van der Waals surface area contributed by atoms with E-state index in [4.69, 9.17) is 0 Å². The lowest BCUT2D eigenvalue weighted by atomic mass is 9.83. The molecule has 0 saturated heterocycles. The Morgan fingerprint density at radius 2 is 1.93 bits per heavy atom. The van der Waals surface area contributed by atoms with Gasteiger partial charge < -0.3 is 5.32 Å². The van der Waals surface area contributed by atoms with Crippen molar-refractivity contribution in [1.82, 2.24) is 5.32 Å². The number of amides is 1. The van der Waals surface area contributed by atoms with Gasteiger partial charge in [0.1, 0.15) is 0 Å². The van der Waals surface area contributed by atoms with Gasteiger partial charge in [0.25, 0.3) is 5.91 Å². The van der Waals surface area contributed by atoms with Crippen LogP contribution in [0.3, 0.4) is 0 Å². The molecule has 0 aromatic rings. The van der Waals surface area contributed by atoms with Gasteiger partial charge >= 0.3 is 0 Å². The minimum atomic E-state index is -0.00734. The van der Waals surface area contributed by atoms with E-state index in [2.05, 4.69) is 18.8 Å². The van der Waals surface area contributed by atoms with Crippen LogP contribution < -0.4 is 5.32 Å². The minimum Gasteiger partial charge on any atom is -0.347 e. The Hall–Kier alpha value is -1.05. The van der Waals surface area contributed by atoms with E-state index in [-0.39, 0.29) is 11.4 Å². The quantitative estimate of drug-likeness (QED) is 0.559. The van der Waals surface area contributed by atoms with Crippen LogP contribution in [0.4, 0.5) is 0 Å². The largest absolute Gasteiger partial charge is 0.347 e. The smallest absolute Gasteiger partial charge is 0.251 e. The molecule has 1 aliphatic rings. The number of nitrogens with one attached hydrogen (secondary N) is 1. The van der Waals surface area contributed by atoms with Gasteiger partial charge in [0.05, 0.1) is 0 Å². The number of hydrogen-bond acceptors (Lipinski definition) is 1. The summed E-state index contributed by atoms with van der Waals surface area (Å²) in [5.41, 5.74) is 0.661. The number of carbonyl (C=O) groups is 1. The van der Waals surface area contributed by atoms with Crippen LogP contribution in [-0.2, 0) is 4.79 Å². The van der Waals surface area contributed by atoms with Crippen molar-refractivity contribution in [3.63, 3.8) is 0 Å². The summed E-state index contributed by atoms with van der Waals surface area (Å²) in [5.74, 6) is 0.0110. The lowest BCUT2D eigenvalue weighted by molar-refractivity contribution is -0.119. The van der Waals surface area contributed by atoms with Gasteiger partial charge in [0.2, 0.25) is 0 Å². The first kappa shape index (κ1) is 12.0. The standard InChI is InChI=1S/C13H21NO/c1-4-11(5-2)12(15)14-13(3)9-7-6-8-10-13/h4-5H,1,6-10H2,2-3H3,(H,14,15)/b11-5+. The predicted octanol–water partition coefficient (Wildman–Crippen LogP) is 2.96. The van der Waals surface area contributed by atoms with E-state index in [0.717, 1.165) is 12.8 Å². The van der Waals surface area contributed by atoms with Gasteiger partial charge in [-0.3, -0.25) is 4.79 Å². The molecule has 0 atom stereocenters. The first-order chi connectivity index (χ1) is 7.11. The third-order valence-electron chi connectivity index (χ3n) is 3.17. The molecule has 0 aromatic heterocycles. The average molecular weight is 207 g/mol. The first-order valence-corrected chi connectivity index (χ1v) is 5.72. The fraction of sp³-hybridized carbons (Fsp3) is 0.615. The highest BCUT2D eigenvalue weighted by atomic mass is 16.1. The Morgan fingerprint density at radius 1 is 1.33 bits per heavy atom. The van der Waals surface area contributed by atoms with Crippen LogP contribution in [0.15, 0.2) is 24.3 Å². The monoisotopic (exact) mass is 207 g/mol. The Labute approximate surface area is 92.4 Å². The molecule has 1 rings (SSSR count). The molecule has 15 heavy (non-hydrogen) atoms. The lowest BCUT2D eigenvalue weighted by Crippen LogP contribution is -2.47. The highest BCUT2D eigenvalue weighted by Gasteiger charge is 2.28. The van der Waals surface area contributed by atoms with Crippen LogP contribution in [0.5, 0.6) is 0 Å². The van der Waals surface area contributed by atoms with Crippen molar-refractivity contribution in [2.45, 2.75) is 51.5 Å². The molecule has 1 saturated carbocycles. The number of hydrogen-bond donors (Lipinski definition) is 1. The molecule has 0 radical (unpaired) electrons. The van der Waals surface area contributed by atoms with Crippen molar-refractivity contribution >= 4 is 5.91 Å². The Morgan fingerprint density at radius 3 is 2.40 bits per heavy atom. The molecule has 2 nitrogen and oxygen atoms in total. The van der Waals surface area contributed by atoms with E-state index in [0.29, 0.717) is 5.57 Å². The summed E-state index contributed by atoms with van der Waals surface area (Å²) < 4.78 is 0. The van der Waals surface area contributed by atoms with Gasteiger partial charge in [0.15, 0.2) is 0 Å². The summed E-state index contributed by atoms with van der Waals surface area (Å²) in [7, 11) is 0. The van der Waals surface area contributed by atoms with Gasteiger partial charge in [-0.05, 0) is 26.7 Å². The third kappa shape index (κ3) is 3.22. The van der Waals surface area contributed by atoms with E-state index in [1.807, 2.05) is 6.92 Å². The van der Waals surface area contributed by atoms with E-state index in [1.165, 1.54) is 19.3 Å². The fourth-order valence-corrected chi connectivity index (χ4v) is 2.15. The van der Waals surface area contributed by atoms with Crippen LogP contribution in [0, 0.1) is 0 Å². The zero-order chi connectivity index (χ0) is 11.3. The number of allylic oxidation sites excluding steroid dienone is 1. The van der Waals surface area contributed by atoms with Crippen LogP contribution in [0.1, 0.15) is 46.0 Å². The summed E-state index contributed by atoms with van der Waals surface area (Å²) in [5, 5.41) is 3.12. The lowest BCUT2D eigenvalue weighted by Gasteiger charge is -2.34. The second-order valence-corrected chi connectivity index (χ2v) is 4.52. The summed E-state index contributed by atoms with van der Waals surface area (Å²) >= 11 is 0. The number of carbonyl (C=O) groups excluding carboxylic acids is 1. The molecular weight excluding hydrogens is 186 g/mol. The molecule has 84 valence electrons.